The van der Waals surface area contributed by atoms with Crippen molar-refractivity contribution in [2.75, 3.05) is 18.0 Å². The lowest BCUT2D eigenvalue weighted by atomic mass is 9.95. The number of benzene rings is 2. The molecule has 0 amide bonds. The van der Waals surface area contributed by atoms with Gasteiger partial charge >= 0.3 is 6.18 Å². The molecule has 2 aromatic carbocycles. The lowest BCUT2D eigenvalue weighted by Gasteiger charge is -2.40. The van der Waals surface area contributed by atoms with Gasteiger partial charge in [0.25, 0.3) is 10.0 Å². The number of aromatic nitrogens is 4. The van der Waals surface area contributed by atoms with Gasteiger partial charge in [0, 0.05) is 51.3 Å². The molecular weight excluding hydrogens is 555 g/mol. The van der Waals surface area contributed by atoms with Crippen molar-refractivity contribution in [1.29, 1.82) is 5.26 Å². The van der Waals surface area contributed by atoms with Gasteiger partial charge in [-0.3, -0.25) is 0 Å². The van der Waals surface area contributed by atoms with Crippen molar-refractivity contribution in [2.45, 2.75) is 36.6 Å². The minimum absolute atomic E-state index is 0.0101. The first-order valence-electron chi connectivity index (χ1n) is 12.9. The maximum absolute atomic E-state index is 14.0. The Labute approximate surface area is 236 Å². The standard InChI is InChI=1S/C28H28F3N7O2S/c1-35-17-27(34-19-35)41(39,40)38(10-9-21-5-3-4-6-25(21)28(29,30)31)23-12-22-11-20(13-32)7-8-26(22)37(15-23)16-24-14-33-18-36(24)2/h3-8,11,14,17-19,23H,9-10,12,15-16H2,1-2H3. The van der Waals surface area contributed by atoms with Gasteiger partial charge < -0.3 is 14.0 Å². The molecule has 0 bridgehead atoms. The van der Waals surface area contributed by atoms with Crippen molar-refractivity contribution >= 4 is 15.7 Å². The van der Waals surface area contributed by atoms with E-state index in [0.29, 0.717) is 12.1 Å². The molecule has 0 saturated heterocycles. The van der Waals surface area contributed by atoms with E-state index in [2.05, 4.69) is 16.0 Å². The molecule has 3 heterocycles. The largest absolute Gasteiger partial charge is 0.416 e. The summed E-state index contributed by atoms with van der Waals surface area (Å²) in [5.74, 6) is 0. The number of nitriles is 1. The number of imidazole rings is 2. The third-order valence-electron chi connectivity index (χ3n) is 7.29. The summed E-state index contributed by atoms with van der Waals surface area (Å²) >= 11 is 0. The predicted molar refractivity (Wildman–Crippen MR) is 145 cm³/mol. The van der Waals surface area contributed by atoms with E-state index in [1.807, 2.05) is 22.6 Å². The van der Waals surface area contributed by atoms with Crippen LogP contribution in [0.25, 0.3) is 0 Å². The summed E-state index contributed by atoms with van der Waals surface area (Å²) in [6, 6.07) is 12.0. The Bertz CT molecular complexity index is 1710. The van der Waals surface area contributed by atoms with Crippen LogP contribution < -0.4 is 4.90 Å². The molecule has 0 saturated carbocycles. The second-order valence-corrected chi connectivity index (χ2v) is 11.9. The van der Waals surface area contributed by atoms with Gasteiger partial charge in [-0.1, -0.05) is 18.2 Å². The summed E-state index contributed by atoms with van der Waals surface area (Å²) in [6.07, 6.45) is 1.71. The molecule has 0 spiro atoms. The van der Waals surface area contributed by atoms with Gasteiger partial charge in [-0.2, -0.15) is 22.7 Å². The summed E-state index contributed by atoms with van der Waals surface area (Å²) in [4.78, 5) is 10.3. The number of rotatable bonds is 8. The smallest absolute Gasteiger partial charge is 0.364 e. The van der Waals surface area contributed by atoms with E-state index in [1.165, 1.54) is 39.6 Å². The van der Waals surface area contributed by atoms with Crippen molar-refractivity contribution in [3.8, 4) is 6.07 Å². The van der Waals surface area contributed by atoms with Gasteiger partial charge in [0.2, 0.25) is 0 Å². The van der Waals surface area contributed by atoms with Crippen molar-refractivity contribution in [1.82, 2.24) is 23.4 Å². The van der Waals surface area contributed by atoms with Gasteiger partial charge in [0.1, 0.15) is 0 Å². The van der Waals surface area contributed by atoms with Crippen LogP contribution in [0.3, 0.4) is 0 Å². The Morgan fingerprint density at radius 2 is 1.93 bits per heavy atom. The molecule has 2 aromatic heterocycles. The number of aryl methyl sites for hydroxylation is 2. The van der Waals surface area contributed by atoms with Gasteiger partial charge in [-0.15, -0.1) is 0 Å². The third kappa shape index (κ3) is 5.84. The second-order valence-electron chi connectivity index (χ2n) is 10.1. The molecule has 41 heavy (non-hydrogen) atoms. The van der Waals surface area contributed by atoms with E-state index >= 15 is 0 Å². The molecule has 0 fully saturated rings. The molecule has 4 aromatic rings. The lowest BCUT2D eigenvalue weighted by molar-refractivity contribution is -0.138. The van der Waals surface area contributed by atoms with E-state index in [1.54, 1.807) is 31.7 Å². The van der Waals surface area contributed by atoms with Crippen LogP contribution in [0.15, 0.2) is 72.5 Å². The molecular formula is C28H28F3N7O2S. The Hall–Kier alpha value is -4.15. The minimum Gasteiger partial charge on any atom is -0.364 e. The fourth-order valence-electron chi connectivity index (χ4n) is 5.26. The molecule has 0 radical (unpaired) electrons. The number of halogens is 3. The Morgan fingerprint density at radius 3 is 2.59 bits per heavy atom. The number of hydrogen-bond acceptors (Lipinski definition) is 6. The third-order valence-corrected chi connectivity index (χ3v) is 9.13. The SMILES string of the molecule is Cn1cnc(S(=O)(=O)N(CCc2ccccc2C(F)(F)F)C2Cc3cc(C#N)ccc3N(Cc3cncn3C)C2)c1. The summed E-state index contributed by atoms with van der Waals surface area (Å²) in [5.41, 5.74) is 2.18. The van der Waals surface area contributed by atoms with Crippen molar-refractivity contribution in [3.05, 3.63) is 95.5 Å². The van der Waals surface area contributed by atoms with Crippen LogP contribution in [0.1, 0.15) is 27.9 Å². The van der Waals surface area contributed by atoms with E-state index in [4.69, 9.17) is 0 Å². The zero-order chi connectivity index (χ0) is 29.4. The molecule has 1 aliphatic rings. The van der Waals surface area contributed by atoms with Gasteiger partial charge in [-0.05, 0) is 48.2 Å². The van der Waals surface area contributed by atoms with Crippen LogP contribution in [-0.2, 0) is 49.7 Å². The molecule has 5 rings (SSSR count). The fourth-order valence-corrected chi connectivity index (χ4v) is 6.85. The first-order chi connectivity index (χ1) is 19.5. The van der Waals surface area contributed by atoms with Crippen LogP contribution in [0, 0.1) is 11.3 Å². The maximum Gasteiger partial charge on any atom is 0.416 e. The lowest BCUT2D eigenvalue weighted by Crippen LogP contribution is -2.51. The molecule has 0 aliphatic carbocycles. The molecule has 9 nitrogen and oxygen atoms in total. The number of hydrogen-bond donors (Lipinski definition) is 0. The molecule has 1 aliphatic heterocycles. The average molecular weight is 584 g/mol. The number of nitrogens with zero attached hydrogens (tertiary/aromatic N) is 7. The van der Waals surface area contributed by atoms with Crippen LogP contribution in [0.2, 0.25) is 0 Å². The molecule has 1 atom stereocenters. The van der Waals surface area contributed by atoms with E-state index < -0.39 is 27.8 Å². The summed E-state index contributed by atoms with van der Waals surface area (Å²) in [7, 11) is -0.694. The first kappa shape index (κ1) is 28.4. The van der Waals surface area contributed by atoms with Crippen LogP contribution >= 0.6 is 0 Å². The highest BCUT2D eigenvalue weighted by atomic mass is 32.2. The Balaban J connectivity index is 1.55. The Morgan fingerprint density at radius 1 is 1.15 bits per heavy atom. The van der Waals surface area contributed by atoms with Crippen LogP contribution in [-0.4, -0.2) is 51.0 Å². The van der Waals surface area contributed by atoms with E-state index in [-0.39, 0.29) is 36.5 Å². The average Bonchev–Trinajstić information content (AvgIpc) is 3.56. The molecule has 13 heteroatoms. The highest BCUT2D eigenvalue weighted by Crippen LogP contribution is 2.35. The van der Waals surface area contributed by atoms with Gasteiger partial charge in [-0.25, -0.2) is 18.4 Å². The van der Waals surface area contributed by atoms with Crippen LogP contribution in [0.5, 0.6) is 0 Å². The van der Waals surface area contributed by atoms with Crippen molar-refractivity contribution < 1.29 is 21.6 Å². The highest BCUT2D eigenvalue weighted by molar-refractivity contribution is 7.89. The highest BCUT2D eigenvalue weighted by Gasteiger charge is 2.38. The fraction of sp³-hybridized carbons (Fsp3) is 0.321. The number of anilines is 1. The van der Waals surface area contributed by atoms with Gasteiger partial charge in [0.05, 0.1) is 42.1 Å². The molecule has 214 valence electrons. The zero-order valence-electron chi connectivity index (χ0n) is 22.5. The maximum atomic E-state index is 14.0. The summed E-state index contributed by atoms with van der Waals surface area (Å²) in [6.45, 7) is 0.501. The number of alkyl halides is 3. The zero-order valence-corrected chi connectivity index (χ0v) is 23.3. The van der Waals surface area contributed by atoms with Crippen molar-refractivity contribution in [3.63, 3.8) is 0 Å². The normalized spacial score (nSPS) is 15.6. The van der Waals surface area contributed by atoms with E-state index in [0.717, 1.165) is 23.0 Å². The van der Waals surface area contributed by atoms with Crippen molar-refractivity contribution in [2.24, 2.45) is 14.1 Å². The quantitative estimate of drug-likeness (QED) is 0.312. The second kappa shape index (κ2) is 11.0. The van der Waals surface area contributed by atoms with E-state index in [9.17, 15) is 26.9 Å². The summed E-state index contributed by atoms with van der Waals surface area (Å²) in [5, 5.41) is 9.34. The van der Waals surface area contributed by atoms with Gasteiger partial charge in [0.15, 0.2) is 5.03 Å². The summed E-state index contributed by atoms with van der Waals surface area (Å²) < 4.78 is 73.9. The minimum atomic E-state index is -4.57. The first-order valence-corrected chi connectivity index (χ1v) is 14.3. The molecule has 0 N–H and O–H groups in total. The van der Waals surface area contributed by atoms with Crippen LogP contribution in [0.4, 0.5) is 18.9 Å². The molecule has 1 unspecified atom stereocenters. The number of fused-ring (bicyclic) bond motifs is 1. The monoisotopic (exact) mass is 583 g/mol. The topological polar surface area (TPSA) is 100 Å². The number of sulfonamides is 1. The Kier molecular flexibility index (Phi) is 7.63. The predicted octanol–water partition coefficient (Wildman–Crippen LogP) is 3.91.